The Morgan fingerprint density at radius 2 is 1.94 bits per heavy atom. The van der Waals surface area contributed by atoms with Crippen LogP contribution in [-0.2, 0) is 0 Å². The molecule has 0 aromatic heterocycles. The van der Waals surface area contributed by atoms with Crippen LogP contribution in [0.3, 0.4) is 0 Å². The van der Waals surface area contributed by atoms with Crippen LogP contribution in [0.5, 0.6) is 5.75 Å². The highest BCUT2D eigenvalue weighted by molar-refractivity contribution is 5.76. The number of allylic oxidation sites excluding steroid dienone is 3. The van der Waals surface area contributed by atoms with E-state index < -0.39 is 0 Å². The van der Waals surface area contributed by atoms with Crippen LogP contribution >= 0.6 is 0 Å². The first-order valence-corrected chi connectivity index (χ1v) is 5.38. The van der Waals surface area contributed by atoms with Crippen LogP contribution in [0.2, 0.25) is 0 Å². The van der Waals surface area contributed by atoms with E-state index in [9.17, 15) is 0 Å². The van der Waals surface area contributed by atoms with Gasteiger partial charge in [-0.2, -0.15) is 0 Å². The molecule has 1 aromatic rings. The van der Waals surface area contributed by atoms with Crippen LogP contribution in [-0.4, -0.2) is 14.2 Å². The van der Waals surface area contributed by atoms with Crippen LogP contribution in [0.25, 0.3) is 5.57 Å². The molecule has 17 heavy (non-hydrogen) atoms. The molecule has 4 N–H and O–H groups in total. The molecule has 0 bridgehead atoms. The number of ether oxygens (including phenoxy) is 1. The molecule has 0 atom stereocenters. The van der Waals surface area contributed by atoms with Crippen LogP contribution in [0.15, 0.2) is 42.2 Å². The molecular weight excluding hydrogens is 214 g/mol. The van der Waals surface area contributed by atoms with E-state index in [4.69, 9.17) is 10.6 Å². The predicted octanol–water partition coefficient (Wildman–Crippen LogP) is 1.62. The van der Waals surface area contributed by atoms with E-state index in [1.54, 1.807) is 13.3 Å². The third kappa shape index (κ3) is 3.53. The van der Waals surface area contributed by atoms with Gasteiger partial charge in [-0.3, -0.25) is 5.84 Å². The van der Waals surface area contributed by atoms with Crippen LogP contribution < -0.4 is 21.3 Å². The number of hydrazine groups is 1. The van der Waals surface area contributed by atoms with Crippen LogP contribution in [0.4, 0.5) is 0 Å². The summed E-state index contributed by atoms with van der Waals surface area (Å²) in [4.78, 5) is 0. The van der Waals surface area contributed by atoms with Gasteiger partial charge in [0, 0.05) is 24.5 Å². The van der Waals surface area contributed by atoms with Gasteiger partial charge in [-0.25, -0.2) is 0 Å². The highest BCUT2D eigenvalue weighted by Crippen LogP contribution is 2.21. The zero-order chi connectivity index (χ0) is 12.7. The van der Waals surface area contributed by atoms with Gasteiger partial charge in [0.25, 0.3) is 0 Å². The first-order valence-electron chi connectivity index (χ1n) is 5.38. The normalized spacial score (nSPS) is 12.2. The third-order valence-electron chi connectivity index (χ3n) is 2.53. The van der Waals surface area contributed by atoms with Gasteiger partial charge < -0.3 is 15.5 Å². The Morgan fingerprint density at radius 3 is 2.41 bits per heavy atom. The second kappa shape index (κ2) is 6.60. The van der Waals surface area contributed by atoms with Gasteiger partial charge in [-0.05, 0) is 30.7 Å². The summed E-state index contributed by atoms with van der Waals surface area (Å²) in [6.45, 7) is 2.01. The van der Waals surface area contributed by atoms with E-state index in [0.717, 1.165) is 22.6 Å². The van der Waals surface area contributed by atoms with Crippen LogP contribution in [0.1, 0.15) is 12.5 Å². The van der Waals surface area contributed by atoms with Crippen molar-refractivity contribution in [2.45, 2.75) is 6.92 Å². The average Bonchev–Trinajstić information content (AvgIpc) is 2.39. The molecule has 4 heteroatoms. The number of hydrogen-bond acceptors (Lipinski definition) is 4. The second-order valence-electron chi connectivity index (χ2n) is 3.52. The van der Waals surface area contributed by atoms with Gasteiger partial charge in [0.15, 0.2) is 0 Å². The number of nitrogens with two attached hydrogens (primary N) is 1. The highest BCUT2D eigenvalue weighted by Gasteiger charge is 2.02. The van der Waals surface area contributed by atoms with Crippen molar-refractivity contribution in [3.8, 4) is 5.75 Å². The minimum absolute atomic E-state index is 0.844. The van der Waals surface area contributed by atoms with Crippen molar-refractivity contribution >= 4 is 5.57 Å². The summed E-state index contributed by atoms with van der Waals surface area (Å²) in [6.07, 6.45) is 3.62. The van der Waals surface area contributed by atoms with Gasteiger partial charge in [0.05, 0.1) is 7.11 Å². The van der Waals surface area contributed by atoms with Crippen molar-refractivity contribution in [1.82, 2.24) is 10.7 Å². The van der Waals surface area contributed by atoms with Gasteiger partial charge >= 0.3 is 0 Å². The van der Waals surface area contributed by atoms with Crippen molar-refractivity contribution in [3.63, 3.8) is 0 Å². The lowest BCUT2D eigenvalue weighted by molar-refractivity contribution is 0.415. The lowest BCUT2D eigenvalue weighted by Crippen LogP contribution is -2.13. The second-order valence-corrected chi connectivity index (χ2v) is 3.52. The average molecular weight is 233 g/mol. The predicted molar refractivity (Wildman–Crippen MR) is 71.1 cm³/mol. The summed E-state index contributed by atoms with van der Waals surface area (Å²) in [6, 6.07) is 7.88. The Bertz CT molecular complexity index is 407. The Labute approximate surface area is 102 Å². The van der Waals surface area contributed by atoms with E-state index in [-0.39, 0.29) is 0 Å². The zero-order valence-electron chi connectivity index (χ0n) is 10.4. The lowest BCUT2D eigenvalue weighted by atomic mass is 10.0. The number of nitrogens with one attached hydrogen (secondary N) is 2. The Balaban J connectivity index is 3.09. The van der Waals surface area contributed by atoms with Crippen molar-refractivity contribution in [1.29, 1.82) is 0 Å². The maximum Gasteiger partial charge on any atom is 0.118 e. The summed E-state index contributed by atoms with van der Waals surface area (Å²) in [5, 5.41) is 3.13. The highest BCUT2D eigenvalue weighted by atomic mass is 16.5. The molecule has 0 aliphatic carbocycles. The summed E-state index contributed by atoms with van der Waals surface area (Å²) in [5.41, 5.74) is 5.75. The van der Waals surface area contributed by atoms with Gasteiger partial charge in [-0.15, -0.1) is 0 Å². The topological polar surface area (TPSA) is 59.3 Å². The number of benzene rings is 1. The van der Waals surface area contributed by atoms with E-state index in [2.05, 4.69) is 10.7 Å². The molecule has 1 rings (SSSR count). The summed E-state index contributed by atoms with van der Waals surface area (Å²) < 4.78 is 5.13. The monoisotopic (exact) mass is 233 g/mol. The van der Waals surface area contributed by atoms with Gasteiger partial charge in [-0.1, -0.05) is 12.1 Å². The third-order valence-corrected chi connectivity index (χ3v) is 2.53. The molecule has 1 aromatic carbocycles. The molecule has 0 radical (unpaired) electrons. The maximum atomic E-state index is 5.24. The molecule has 0 amide bonds. The lowest BCUT2D eigenvalue weighted by Gasteiger charge is -2.09. The molecule has 92 valence electrons. The maximum absolute atomic E-state index is 5.24. The molecule has 0 aliphatic rings. The standard InChI is InChI=1S/C13H19N3O/c1-10(15-2)13(8-9-16-14)11-4-6-12(17-3)7-5-11/h4-9,15-16H,14H2,1-3H3/b9-8-,13-10-. The number of methoxy groups -OCH3 is 1. The zero-order valence-corrected chi connectivity index (χ0v) is 10.4. The molecule has 0 aliphatic heterocycles. The van der Waals surface area contributed by atoms with Crippen molar-refractivity contribution in [2.24, 2.45) is 5.84 Å². The molecule has 0 heterocycles. The van der Waals surface area contributed by atoms with Crippen molar-refractivity contribution < 1.29 is 4.74 Å². The minimum atomic E-state index is 0.844. The number of rotatable bonds is 5. The smallest absolute Gasteiger partial charge is 0.118 e. The molecule has 0 fully saturated rings. The molecular formula is C13H19N3O. The molecule has 0 spiro atoms. The summed E-state index contributed by atoms with van der Waals surface area (Å²) >= 11 is 0. The van der Waals surface area contributed by atoms with Crippen LogP contribution in [0, 0.1) is 0 Å². The SMILES string of the molecule is CN/C(C)=C(/C=C\NN)c1ccc(OC)cc1. The molecule has 4 nitrogen and oxygen atoms in total. The van der Waals surface area contributed by atoms with E-state index in [1.165, 1.54) is 0 Å². The number of hydrogen-bond donors (Lipinski definition) is 3. The largest absolute Gasteiger partial charge is 0.497 e. The molecule has 0 unspecified atom stereocenters. The van der Waals surface area contributed by atoms with Gasteiger partial charge in [0.2, 0.25) is 0 Å². The first-order chi connectivity index (χ1) is 8.22. The van der Waals surface area contributed by atoms with E-state index in [1.807, 2.05) is 44.3 Å². The fourth-order valence-electron chi connectivity index (χ4n) is 1.47. The summed E-state index contributed by atoms with van der Waals surface area (Å²) in [7, 11) is 3.55. The minimum Gasteiger partial charge on any atom is -0.497 e. The Kier molecular flexibility index (Phi) is 5.10. The Hall–Kier alpha value is -1.94. The fourth-order valence-corrected chi connectivity index (χ4v) is 1.47. The van der Waals surface area contributed by atoms with E-state index >= 15 is 0 Å². The van der Waals surface area contributed by atoms with Crippen molar-refractivity contribution in [2.75, 3.05) is 14.2 Å². The Morgan fingerprint density at radius 1 is 1.29 bits per heavy atom. The van der Waals surface area contributed by atoms with E-state index in [0.29, 0.717) is 0 Å². The quantitative estimate of drug-likeness (QED) is 0.411. The molecule has 0 saturated heterocycles. The first kappa shape index (κ1) is 13.1. The summed E-state index contributed by atoms with van der Waals surface area (Å²) in [5.74, 6) is 6.09. The fraction of sp³-hybridized carbons (Fsp3) is 0.231. The molecule has 0 saturated carbocycles. The van der Waals surface area contributed by atoms with Gasteiger partial charge in [0.1, 0.15) is 5.75 Å². The van der Waals surface area contributed by atoms with Crippen molar-refractivity contribution in [3.05, 3.63) is 47.8 Å².